The Morgan fingerprint density at radius 1 is 1.08 bits per heavy atom. The second-order valence-electron chi connectivity index (χ2n) is 12.0. The van der Waals surface area contributed by atoms with Crippen LogP contribution in [-0.2, 0) is 0 Å². The van der Waals surface area contributed by atoms with Crippen LogP contribution in [0.4, 0.5) is 0 Å². The molecule has 3 atom stereocenters. The summed E-state index contributed by atoms with van der Waals surface area (Å²) >= 11 is 0. The SMILES string of the molecule is CC1=C(/C=C/C(C)=C/C[P+](C2=CCC(C)C=C2)(C2=CC=CC(C)C2)c2ccccc2)C(C)(C)CCC1. The molecule has 0 radical (unpaired) electrons. The molecule has 0 heterocycles. The molecule has 1 heteroatoms. The zero-order valence-corrected chi connectivity index (χ0v) is 24.3. The van der Waals surface area contributed by atoms with Gasteiger partial charge in [-0.2, -0.15) is 0 Å². The first-order valence-corrected chi connectivity index (χ1v) is 16.0. The third-order valence-electron chi connectivity index (χ3n) is 8.42. The predicted octanol–water partition coefficient (Wildman–Crippen LogP) is 10.3. The van der Waals surface area contributed by atoms with Gasteiger partial charge in [-0.25, -0.2) is 0 Å². The van der Waals surface area contributed by atoms with Gasteiger partial charge >= 0.3 is 0 Å². The lowest BCUT2D eigenvalue weighted by atomic mass is 9.72. The van der Waals surface area contributed by atoms with Crippen LogP contribution in [0.25, 0.3) is 0 Å². The van der Waals surface area contributed by atoms with E-state index in [2.05, 4.69) is 127 Å². The fourth-order valence-electron chi connectivity index (χ4n) is 6.17. The molecule has 0 fully saturated rings. The van der Waals surface area contributed by atoms with Gasteiger partial charge in [-0.15, -0.1) is 0 Å². The van der Waals surface area contributed by atoms with Crippen LogP contribution in [0.15, 0.2) is 112 Å². The van der Waals surface area contributed by atoms with Gasteiger partial charge < -0.3 is 0 Å². The highest BCUT2D eigenvalue weighted by atomic mass is 31.2. The lowest BCUT2D eigenvalue weighted by molar-refractivity contribution is 0.377. The van der Waals surface area contributed by atoms with Crippen molar-refractivity contribution in [2.45, 2.75) is 73.6 Å². The number of allylic oxidation sites excluding steroid dienone is 14. The second-order valence-corrected chi connectivity index (χ2v) is 15.6. The summed E-state index contributed by atoms with van der Waals surface area (Å²) in [7, 11) is -1.75. The topological polar surface area (TPSA) is 0 Å². The molecule has 3 aliphatic carbocycles. The maximum atomic E-state index is 2.56. The normalized spacial score (nSPS) is 26.1. The van der Waals surface area contributed by atoms with Crippen molar-refractivity contribution in [2.75, 3.05) is 6.16 Å². The third-order valence-corrected chi connectivity index (χ3v) is 12.9. The number of hydrogen-bond acceptors (Lipinski definition) is 0. The molecule has 0 saturated carbocycles. The van der Waals surface area contributed by atoms with Crippen molar-refractivity contribution in [3.8, 4) is 0 Å². The molecule has 0 saturated heterocycles. The van der Waals surface area contributed by atoms with Gasteiger partial charge in [0.25, 0.3) is 0 Å². The summed E-state index contributed by atoms with van der Waals surface area (Å²) in [6.07, 6.45) is 29.2. The Balaban J connectivity index is 1.76. The van der Waals surface area contributed by atoms with E-state index >= 15 is 0 Å². The first kappa shape index (κ1) is 26.9. The summed E-state index contributed by atoms with van der Waals surface area (Å²) in [5, 5.41) is 4.74. The van der Waals surface area contributed by atoms with Crippen LogP contribution in [0.2, 0.25) is 0 Å². The monoisotopic (exact) mass is 497 g/mol. The van der Waals surface area contributed by atoms with Gasteiger partial charge in [0.2, 0.25) is 0 Å². The lowest BCUT2D eigenvalue weighted by Crippen LogP contribution is -2.20. The minimum absolute atomic E-state index is 0.281. The Morgan fingerprint density at radius 3 is 2.53 bits per heavy atom. The van der Waals surface area contributed by atoms with E-state index in [0.29, 0.717) is 11.8 Å². The van der Waals surface area contributed by atoms with Gasteiger partial charge in [-0.3, -0.25) is 0 Å². The molecular formula is C35H46P+. The molecule has 0 nitrogen and oxygen atoms in total. The summed E-state index contributed by atoms with van der Waals surface area (Å²) in [6, 6.07) is 11.4. The summed E-state index contributed by atoms with van der Waals surface area (Å²) in [6.45, 7) is 14.1. The van der Waals surface area contributed by atoms with Crippen molar-refractivity contribution >= 4 is 12.6 Å². The van der Waals surface area contributed by atoms with Gasteiger partial charge in [0, 0.05) is 6.42 Å². The Kier molecular flexibility index (Phi) is 8.57. The quantitative estimate of drug-likeness (QED) is 0.260. The summed E-state index contributed by atoms with van der Waals surface area (Å²) in [5.74, 6) is 1.22. The molecule has 1 aromatic rings. The van der Waals surface area contributed by atoms with Crippen LogP contribution in [0, 0.1) is 17.3 Å². The van der Waals surface area contributed by atoms with E-state index in [9.17, 15) is 0 Å². The summed E-state index contributed by atoms with van der Waals surface area (Å²) < 4.78 is 0. The zero-order chi connectivity index (χ0) is 25.8. The van der Waals surface area contributed by atoms with Crippen molar-refractivity contribution in [3.05, 3.63) is 112 Å². The van der Waals surface area contributed by atoms with Crippen LogP contribution in [0.3, 0.4) is 0 Å². The number of hydrogen-bond donors (Lipinski definition) is 0. The van der Waals surface area contributed by atoms with Crippen molar-refractivity contribution in [3.63, 3.8) is 0 Å². The standard InChI is InChI=1S/C35H46P/c1-27-17-20-32(21-18-27)36(31-14-8-7-9-15-31,33-16-10-12-29(3)26-33)25-23-28(2)19-22-34-30(4)13-11-24-35(34,5)6/h7-10,12,14-17,19-23,27,29H,11,13,18,24-26H2,1-6H3/q+1/b22-19+,28-23+. The highest BCUT2D eigenvalue weighted by molar-refractivity contribution is 7.90. The predicted molar refractivity (Wildman–Crippen MR) is 163 cm³/mol. The molecule has 0 aromatic heterocycles. The van der Waals surface area contributed by atoms with E-state index in [1.54, 1.807) is 21.8 Å². The van der Waals surface area contributed by atoms with E-state index < -0.39 is 7.26 Å². The lowest BCUT2D eigenvalue weighted by Gasteiger charge is -2.33. The van der Waals surface area contributed by atoms with E-state index in [4.69, 9.17) is 0 Å². The molecule has 3 aliphatic rings. The van der Waals surface area contributed by atoms with Crippen LogP contribution in [-0.4, -0.2) is 6.16 Å². The molecule has 1 aromatic carbocycles. The molecule has 0 aliphatic heterocycles. The maximum Gasteiger partial charge on any atom is 0.111 e. The average Bonchev–Trinajstić information content (AvgIpc) is 2.85. The van der Waals surface area contributed by atoms with Crippen LogP contribution >= 0.6 is 7.26 Å². The second kappa shape index (κ2) is 11.5. The minimum Gasteiger partial charge on any atom is -0.0811 e. The smallest absolute Gasteiger partial charge is 0.0811 e. The molecule has 4 rings (SSSR count). The van der Waals surface area contributed by atoms with Crippen molar-refractivity contribution in [1.82, 2.24) is 0 Å². The third kappa shape index (κ3) is 5.86. The number of rotatable bonds is 7. The first-order valence-electron chi connectivity index (χ1n) is 14.0. The molecular weight excluding hydrogens is 451 g/mol. The molecule has 0 N–H and O–H groups in total. The van der Waals surface area contributed by atoms with Crippen molar-refractivity contribution < 1.29 is 0 Å². The van der Waals surface area contributed by atoms with E-state index in [0.717, 1.165) is 19.0 Å². The highest BCUT2D eigenvalue weighted by Crippen LogP contribution is 2.73. The Bertz CT molecular complexity index is 1150. The van der Waals surface area contributed by atoms with Crippen molar-refractivity contribution in [2.24, 2.45) is 17.3 Å². The van der Waals surface area contributed by atoms with Gasteiger partial charge in [0.1, 0.15) is 17.9 Å². The van der Waals surface area contributed by atoms with E-state index in [1.165, 1.54) is 30.1 Å². The van der Waals surface area contributed by atoms with Gasteiger partial charge in [0.05, 0.1) is 11.5 Å². The molecule has 190 valence electrons. The molecule has 0 amide bonds. The van der Waals surface area contributed by atoms with Crippen LogP contribution < -0.4 is 5.30 Å². The van der Waals surface area contributed by atoms with Gasteiger partial charge in [0.15, 0.2) is 0 Å². The van der Waals surface area contributed by atoms with Gasteiger partial charge in [-0.1, -0.05) is 87.4 Å². The Labute approximate surface area is 221 Å². The largest absolute Gasteiger partial charge is 0.111 e. The van der Waals surface area contributed by atoms with E-state index in [1.807, 2.05) is 0 Å². The molecule has 3 unspecified atom stereocenters. The minimum atomic E-state index is -1.75. The highest BCUT2D eigenvalue weighted by Gasteiger charge is 2.47. The Hall–Kier alpha value is -2.17. The molecule has 0 bridgehead atoms. The fourth-order valence-corrected chi connectivity index (χ4v) is 10.7. The molecule has 0 spiro atoms. The van der Waals surface area contributed by atoms with E-state index in [-0.39, 0.29) is 5.41 Å². The molecule has 36 heavy (non-hydrogen) atoms. The summed E-state index contributed by atoms with van der Waals surface area (Å²) in [5.41, 5.74) is 4.78. The number of benzene rings is 1. The van der Waals surface area contributed by atoms with Crippen molar-refractivity contribution in [1.29, 1.82) is 0 Å². The van der Waals surface area contributed by atoms with Gasteiger partial charge in [-0.05, 0) is 98.8 Å². The maximum absolute atomic E-state index is 2.56. The first-order chi connectivity index (χ1) is 17.2. The van der Waals surface area contributed by atoms with Crippen LogP contribution in [0.1, 0.15) is 73.6 Å². The summed E-state index contributed by atoms with van der Waals surface area (Å²) in [4.78, 5) is 0. The average molecular weight is 498 g/mol. The zero-order valence-electron chi connectivity index (χ0n) is 23.4. The Morgan fingerprint density at radius 2 is 1.86 bits per heavy atom. The fraction of sp³-hybridized carbons (Fsp3) is 0.429. The van der Waals surface area contributed by atoms with Crippen LogP contribution in [0.5, 0.6) is 0 Å².